The number of hydrogen-bond acceptors (Lipinski definition) is 2. The Kier molecular flexibility index (Phi) is 6.06. The first-order valence-corrected chi connectivity index (χ1v) is 6.60. The lowest BCUT2D eigenvalue weighted by Gasteiger charge is -2.16. The van der Waals surface area contributed by atoms with E-state index in [1.807, 2.05) is 32.0 Å². The average Bonchev–Trinajstić information content (AvgIpc) is 2.32. The maximum Gasteiger partial charge on any atom is 0.125 e. The summed E-state index contributed by atoms with van der Waals surface area (Å²) in [7, 11) is 0. The number of unbranched alkanes of at least 4 members (excludes halogenated alkanes) is 2. The lowest BCUT2D eigenvalue weighted by Crippen LogP contribution is -2.03. The normalized spacial score (nSPS) is 12.5. The van der Waals surface area contributed by atoms with Gasteiger partial charge in [-0.3, -0.25) is 0 Å². The molecule has 96 valence electrons. The van der Waals surface area contributed by atoms with Gasteiger partial charge in [0.15, 0.2) is 0 Å². The Balaban J connectivity index is 2.74. The molecule has 1 unspecified atom stereocenters. The van der Waals surface area contributed by atoms with E-state index in [2.05, 4.69) is 6.92 Å². The summed E-state index contributed by atoms with van der Waals surface area (Å²) < 4.78 is 5.56. The van der Waals surface area contributed by atoms with Gasteiger partial charge in [0.1, 0.15) is 5.75 Å². The molecule has 0 aromatic heterocycles. The van der Waals surface area contributed by atoms with Crippen molar-refractivity contribution in [3.05, 3.63) is 29.3 Å². The van der Waals surface area contributed by atoms with Gasteiger partial charge in [0.2, 0.25) is 0 Å². The molecule has 0 spiro atoms. The van der Waals surface area contributed by atoms with E-state index >= 15 is 0 Å². The molecule has 0 amide bonds. The third-order valence-corrected chi connectivity index (χ3v) is 2.91. The summed E-state index contributed by atoms with van der Waals surface area (Å²) >= 11 is 0. The van der Waals surface area contributed by atoms with E-state index in [0.717, 1.165) is 29.7 Å². The van der Waals surface area contributed by atoms with Crippen molar-refractivity contribution in [3.63, 3.8) is 0 Å². The molecule has 0 aliphatic rings. The van der Waals surface area contributed by atoms with E-state index in [4.69, 9.17) is 4.74 Å². The second kappa shape index (κ2) is 7.33. The number of hydrogen-bond donors (Lipinski definition) is 1. The molecule has 0 saturated heterocycles. The lowest BCUT2D eigenvalue weighted by atomic mass is 10.0. The van der Waals surface area contributed by atoms with E-state index in [1.54, 1.807) is 0 Å². The second-order valence-electron chi connectivity index (χ2n) is 4.49. The molecule has 0 aliphatic heterocycles. The van der Waals surface area contributed by atoms with Crippen LogP contribution in [0.5, 0.6) is 5.75 Å². The molecule has 1 aromatic rings. The van der Waals surface area contributed by atoms with Crippen molar-refractivity contribution < 1.29 is 9.84 Å². The fourth-order valence-corrected chi connectivity index (χ4v) is 1.96. The summed E-state index contributed by atoms with van der Waals surface area (Å²) in [4.78, 5) is 0. The first-order chi connectivity index (χ1) is 8.19. The van der Waals surface area contributed by atoms with Crippen LogP contribution < -0.4 is 4.74 Å². The van der Waals surface area contributed by atoms with Crippen LogP contribution in [0.3, 0.4) is 0 Å². The molecule has 0 fully saturated rings. The van der Waals surface area contributed by atoms with Crippen LogP contribution in [0.2, 0.25) is 0 Å². The van der Waals surface area contributed by atoms with Gasteiger partial charge in [-0.05, 0) is 32.4 Å². The Morgan fingerprint density at radius 3 is 2.65 bits per heavy atom. The van der Waals surface area contributed by atoms with Crippen molar-refractivity contribution in [2.75, 3.05) is 6.61 Å². The first-order valence-electron chi connectivity index (χ1n) is 6.60. The van der Waals surface area contributed by atoms with Crippen LogP contribution in [0.1, 0.15) is 56.8 Å². The fourth-order valence-electron chi connectivity index (χ4n) is 1.96. The Labute approximate surface area is 105 Å². The smallest absolute Gasteiger partial charge is 0.125 e. The third-order valence-electron chi connectivity index (χ3n) is 2.91. The zero-order valence-electron chi connectivity index (χ0n) is 11.2. The Morgan fingerprint density at radius 1 is 1.24 bits per heavy atom. The molecule has 2 heteroatoms. The molecule has 1 rings (SSSR count). The van der Waals surface area contributed by atoms with Crippen LogP contribution in [0, 0.1) is 6.92 Å². The van der Waals surface area contributed by atoms with Crippen molar-refractivity contribution in [3.8, 4) is 5.75 Å². The second-order valence-corrected chi connectivity index (χ2v) is 4.49. The minimum atomic E-state index is -0.400. The molecule has 0 heterocycles. The standard InChI is InChI=1S/C15H24O2/c1-4-6-7-8-14(16)13-11-12(3)9-10-15(13)17-5-2/h9-11,14,16H,4-8H2,1-3H3. The van der Waals surface area contributed by atoms with E-state index in [9.17, 15) is 5.11 Å². The monoisotopic (exact) mass is 236 g/mol. The predicted molar refractivity (Wildman–Crippen MR) is 71.4 cm³/mol. The molecule has 0 radical (unpaired) electrons. The highest BCUT2D eigenvalue weighted by molar-refractivity contribution is 5.38. The average molecular weight is 236 g/mol. The van der Waals surface area contributed by atoms with Gasteiger partial charge < -0.3 is 9.84 Å². The summed E-state index contributed by atoms with van der Waals surface area (Å²) in [5.41, 5.74) is 2.10. The fraction of sp³-hybridized carbons (Fsp3) is 0.600. The predicted octanol–water partition coefficient (Wildman–Crippen LogP) is 4.01. The highest BCUT2D eigenvalue weighted by Gasteiger charge is 2.13. The molecule has 2 nitrogen and oxygen atoms in total. The molecule has 0 bridgehead atoms. The molecular weight excluding hydrogens is 212 g/mol. The van der Waals surface area contributed by atoms with Crippen molar-refractivity contribution in [2.45, 2.75) is 52.6 Å². The topological polar surface area (TPSA) is 29.5 Å². The largest absolute Gasteiger partial charge is 0.493 e. The SMILES string of the molecule is CCCCCC(O)c1cc(C)ccc1OCC. The molecule has 17 heavy (non-hydrogen) atoms. The number of aryl methyl sites for hydroxylation is 1. The van der Waals surface area contributed by atoms with E-state index in [-0.39, 0.29) is 0 Å². The van der Waals surface area contributed by atoms with E-state index < -0.39 is 6.10 Å². The van der Waals surface area contributed by atoms with Crippen LogP contribution in [0.4, 0.5) is 0 Å². The highest BCUT2D eigenvalue weighted by atomic mass is 16.5. The van der Waals surface area contributed by atoms with Gasteiger partial charge in [0.25, 0.3) is 0 Å². The maximum absolute atomic E-state index is 10.2. The van der Waals surface area contributed by atoms with Crippen molar-refractivity contribution in [2.24, 2.45) is 0 Å². The quantitative estimate of drug-likeness (QED) is 0.725. The molecule has 1 aromatic carbocycles. The molecule has 1 atom stereocenters. The summed E-state index contributed by atoms with van der Waals surface area (Å²) in [6.07, 6.45) is 3.84. The van der Waals surface area contributed by atoms with Gasteiger partial charge >= 0.3 is 0 Å². The van der Waals surface area contributed by atoms with Crippen molar-refractivity contribution in [1.82, 2.24) is 0 Å². The zero-order valence-corrected chi connectivity index (χ0v) is 11.2. The van der Waals surface area contributed by atoms with E-state index in [1.165, 1.54) is 12.8 Å². The minimum Gasteiger partial charge on any atom is -0.493 e. The zero-order chi connectivity index (χ0) is 12.7. The van der Waals surface area contributed by atoms with Gasteiger partial charge in [-0.15, -0.1) is 0 Å². The molecule has 0 aliphatic carbocycles. The van der Waals surface area contributed by atoms with Gasteiger partial charge in [-0.2, -0.15) is 0 Å². The van der Waals surface area contributed by atoms with Crippen LogP contribution in [-0.4, -0.2) is 11.7 Å². The Hall–Kier alpha value is -1.02. The summed E-state index contributed by atoms with van der Waals surface area (Å²) in [6, 6.07) is 6.01. The van der Waals surface area contributed by atoms with Crippen LogP contribution in [-0.2, 0) is 0 Å². The number of rotatable bonds is 7. The van der Waals surface area contributed by atoms with Gasteiger partial charge in [0.05, 0.1) is 12.7 Å². The first kappa shape index (κ1) is 14.0. The minimum absolute atomic E-state index is 0.400. The van der Waals surface area contributed by atoms with Gasteiger partial charge in [-0.1, -0.05) is 37.8 Å². The molecule has 1 N–H and O–H groups in total. The Morgan fingerprint density at radius 2 is 2.00 bits per heavy atom. The van der Waals surface area contributed by atoms with Crippen LogP contribution in [0.25, 0.3) is 0 Å². The molecular formula is C15H24O2. The van der Waals surface area contributed by atoms with Gasteiger partial charge in [0, 0.05) is 5.56 Å². The number of aliphatic hydroxyl groups excluding tert-OH is 1. The summed E-state index contributed by atoms with van der Waals surface area (Å²) in [6.45, 7) is 6.81. The number of benzene rings is 1. The third kappa shape index (κ3) is 4.39. The number of ether oxygens (including phenoxy) is 1. The molecule has 0 saturated carbocycles. The van der Waals surface area contributed by atoms with Gasteiger partial charge in [-0.25, -0.2) is 0 Å². The summed E-state index contributed by atoms with van der Waals surface area (Å²) in [5, 5.41) is 10.2. The maximum atomic E-state index is 10.2. The Bertz CT molecular complexity index is 334. The number of aliphatic hydroxyl groups is 1. The van der Waals surface area contributed by atoms with Crippen molar-refractivity contribution in [1.29, 1.82) is 0 Å². The highest BCUT2D eigenvalue weighted by Crippen LogP contribution is 2.29. The van der Waals surface area contributed by atoms with Crippen LogP contribution in [0.15, 0.2) is 18.2 Å². The summed E-state index contributed by atoms with van der Waals surface area (Å²) in [5.74, 6) is 0.821. The lowest BCUT2D eigenvalue weighted by molar-refractivity contribution is 0.158. The van der Waals surface area contributed by atoms with Crippen molar-refractivity contribution >= 4 is 0 Å². The van der Waals surface area contributed by atoms with E-state index in [0.29, 0.717) is 6.61 Å². The van der Waals surface area contributed by atoms with Crippen LogP contribution >= 0.6 is 0 Å².